The maximum Gasteiger partial charge on any atom is 0.387 e. The van der Waals surface area contributed by atoms with Gasteiger partial charge < -0.3 is 14.8 Å². The van der Waals surface area contributed by atoms with Crippen molar-refractivity contribution in [2.45, 2.75) is 19.6 Å². The Bertz CT molecular complexity index is 829. The molecule has 0 radical (unpaired) electrons. The second-order valence-corrected chi connectivity index (χ2v) is 7.27. The normalized spacial score (nSPS) is 11.9. The van der Waals surface area contributed by atoms with Gasteiger partial charge in [-0.25, -0.2) is 4.98 Å². The van der Waals surface area contributed by atoms with Crippen molar-refractivity contribution < 1.29 is 23.2 Å². The van der Waals surface area contributed by atoms with Gasteiger partial charge in [0.1, 0.15) is 0 Å². The van der Waals surface area contributed by atoms with Gasteiger partial charge in [-0.3, -0.25) is 10.1 Å². The van der Waals surface area contributed by atoms with Gasteiger partial charge in [0, 0.05) is 22.5 Å². The molecule has 1 N–H and O–H groups in total. The molecule has 28 heavy (non-hydrogen) atoms. The van der Waals surface area contributed by atoms with Crippen LogP contribution in [0.4, 0.5) is 20.3 Å². The van der Waals surface area contributed by atoms with E-state index in [1.165, 1.54) is 30.1 Å². The third-order valence-corrected chi connectivity index (χ3v) is 4.66. The lowest BCUT2D eigenvalue weighted by atomic mass is 10.1. The fourth-order valence-corrected chi connectivity index (χ4v) is 3.36. The predicted octanol–water partition coefficient (Wildman–Crippen LogP) is 5.27. The molecule has 0 saturated heterocycles. The summed E-state index contributed by atoms with van der Waals surface area (Å²) in [4.78, 5) is 14.9. The van der Waals surface area contributed by atoms with Crippen LogP contribution >= 0.6 is 27.7 Å². The number of thioether (sulfide) groups is 1. The highest BCUT2D eigenvalue weighted by Gasteiger charge is 2.22. The Morgan fingerprint density at radius 2 is 2.11 bits per heavy atom. The summed E-state index contributed by atoms with van der Waals surface area (Å²) in [5.41, 5.74) is 0.515. The van der Waals surface area contributed by atoms with Gasteiger partial charge in [0.2, 0.25) is 5.82 Å². The molecular formula is C17H18BrF2N3O4S. The summed E-state index contributed by atoms with van der Waals surface area (Å²) in [6, 6.07) is 5.57. The number of alkyl halides is 2. The average Bonchev–Trinajstić information content (AvgIpc) is 2.63. The average molecular weight is 478 g/mol. The number of aromatic nitrogens is 1. The Balaban J connectivity index is 2.38. The maximum absolute atomic E-state index is 12.6. The molecule has 0 bridgehead atoms. The van der Waals surface area contributed by atoms with Crippen LogP contribution in [0, 0.1) is 10.1 Å². The molecule has 2 aromatic rings. The molecule has 0 spiro atoms. The maximum atomic E-state index is 12.6. The number of nitro groups is 1. The van der Waals surface area contributed by atoms with Gasteiger partial charge in [0.15, 0.2) is 11.5 Å². The molecule has 1 unspecified atom stereocenters. The smallest absolute Gasteiger partial charge is 0.387 e. The van der Waals surface area contributed by atoms with Crippen molar-refractivity contribution in [1.29, 1.82) is 0 Å². The highest BCUT2D eigenvalue weighted by molar-refractivity contribution is 9.10. The number of pyridine rings is 1. The highest BCUT2D eigenvalue weighted by Crippen LogP contribution is 2.35. The number of hydrogen-bond donors (Lipinski definition) is 1. The van der Waals surface area contributed by atoms with E-state index in [0.717, 1.165) is 0 Å². The van der Waals surface area contributed by atoms with Gasteiger partial charge in [-0.15, -0.1) is 0 Å². The van der Waals surface area contributed by atoms with Gasteiger partial charge in [-0.2, -0.15) is 20.5 Å². The molecule has 2 rings (SSSR count). The minimum atomic E-state index is -2.97. The van der Waals surface area contributed by atoms with Crippen LogP contribution in [-0.2, 0) is 0 Å². The largest absolute Gasteiger partial charge is 0.490 e. The lowest BCUT2D eigenvalue weighted by Gasteiger charge is -2.21. The SMILES string of the molecule is CCOc1cc(C(CSC)Nc2ncc(Br)cc2[N+](=O)[O-])ccc1OC(F)F. The molecule has 152 valence electrons. The number of nitrogens with one attached hydrogen (secondary N) is 1. The zero-order chi connectivity index (χ0) is 20.7. The molecule has 0 fully saturated rings. The van der Waals surface area contributed by atoms with E-state index in [-0.39, 0.29) is 35.7 Å². The van der Waals surface area contributed by atoms with Crippen molar-refractivity contribution in [3.8, 4) is 11.5 Å². The second-order valence-electron chi connectivity index (χ2n) is 5.45. The van der Waals surface area contributed by atoms with Crippen molar-refractivity contribution in [1.82, 2.24) is 4.98 Å². The van der Waals surface area contributed by atoms with Crippen LogP contribution in [0.5, 0.6) is 11.5 Å². The minimum Gasteiger partial charge on any atom is -0.490 e. The summed E-state index contributed by atoms with van der Waals surface area (Å²) in [6.07, 6.45) is 3.34. The lowest BCUT2D eigenvalue weighted by molar-refractivity contribution is -0.384. The Hall–Kier alpha value is -2.14. The van der Waals surface area contributed by atoms with Gasteiger partial charge in [0.25, 0.3) is 0 Å². The first-order valence-electron chi connectivity index (χ1n) is 8.12. The summed E-state index contributed by atoms with van der Waals surface area (Å²) in [6.45, 7) is -0.977. The van der Waals surface area contributed by atoms with Crippen LogP contribution < -0.4 is 14.8 Å². The quantitative estimate of drug-likeness (QED) is 0.368. The zero-order valence-corrected chi connectivity index (χ0v) is 17.4. The molecule has 1 heterocycles. The Kier molecular flexibility index (Phi) is 8.24. The molecule has 0 aliphatic carbocycles. The van der Waals surface area contributed by atoms with E-state index in [1.807, 2.05) is 6.26 Å². The monoisotopic (exact) mass is 477 g/mol. The summed E-state index contributed by atoms with van der Waals surface area (Å²) in [7, 11) is 0. The van der Waals surface area contributed by atoms with Gasteiger partial charge in [0.05, 0.1) is 17.6 Å². The molecule has 0 aliphatic rings. The lowest BCUT2D eigenvalue weighted by Crippen LogP contribution is -2.16. The van der Waals surface area contributed by atoms with Crippen LogP contribution in [0.15, 0.2) is 34.9 Å². The van der Waals surface area contributed by atoms with E-state index in [0.29, 0.717) is 15.8 Å². The number of rotatable bonds is 10. The molecule has 0 amide bonds. The van der Waals surface area contributed by atoms with Crippen LogP contribution in [0.2, 0.25) is 0 Å². The first-order valence-corrected chi connectivity index (χ1v) is 10.3. The molecule has 0 aliphatic heterocycles. The molecule has 7 nitrogen and oxygen atoms in total. The number of ether oxygens (including phenoxy) is 2. The predicted molar refractivity (Wildman–Crippen MR) is 108 cm³/mol. The van der Waals surface area contributed by atoms with E-state index < -0.39 is 11.5 Å². The van der Waals surface area contributed by atoms with E-state index in [2.05, 4.69) is 31.0 Å². The summed E-state index contributed by atoms with van der Waals surface area (Å²) in [5, 5.41) is 14.4. The third kappa shape index (κ3) is 5.93. The topological polar surface area (TPSA) is 86.5 Å². The van der Waals surface area contributed by atoms with E-state index >= 15 is 0 Å². The molecule has 1 atom stereocenters. The number of hydrogen-bond acceptors (Lipinski definition) is 7. The standard InChI is InChI=1S/C17H18BrF2N3O4S/c1-3-26-15-6-10(4-5-14(15)27-17(19)20)12(9-28-2)22-16-13(23(24)25)7-11(18)8-21-16/h4-8,12,17H,3,9H2,1-2H3,(H,21,22). The first kappa shape index (κ1) is 22.2. The van der Waals surface area contributed by atoms with Gasteiger partial charge in [-0.1, -0.05) is 6.07 Å². The Labute approximate surface area is 173 Å². The van der Waals surface area contributed by atoms with Crippen molar-refractivity contribution in [2.24, 2.45) is 0 Å². The van der Waals surface area contributed by atoms with Gasteiger partial charge >= 0.3 is 12.3 Å². The van der Waals surface area contributed by atoms with E-state index in [4.69, 9.17) is 4.74 Å². The zero-order valence-electron chi connectivity index (χ0n) is 15.0. The van der Waals surface area contributed by atoms with Crippen molar-refractivity contribution in [2.75, 3.05) is 23.9 Å². The summed E-state index contributed by atoms with van der Waals surface area (Å²) in [5.74, 6) is 0.760. The van der Waals surface area contributed by atoms with Crippen molar-refractivity contribution >= 4 is 39.2 Å². The van der Waals surface area contributed by atoms with Crippen molar-refractivity contribution in [3.63, 3.8) is 0 Å². The molecule has 0 saturated carbocycles. The summed E-state index contributed by atoms with van der Waals surface area (Å²) >= 11 is 4.68. The fraction of sp³-hybridized carbons (Fsp3) is 0.353. The van der Waals surface area contributed by atoms with Crippen LogP contribution in [0.25, 0.3) is 0 Å². The molecular weight excluding hydrogens is 460 g/mol. The highest BCUT2D eigenvalue weighted by atomic mass is 79.9. The first-order chi connectivity index (χ1) is 13.3. The number of nitrogens with zero attached hydrogens (tertiary/aromatic N) is 2. The second kappa shape index (κ2) is 10.4. The van der Waals surface area contributed by atoms with Gasteiger partial charge in [-0.05, 0) is 46.8 Å². The minimum absolute atomic E-state index is 0.0729. The third-order valence-electron chi connectivity index (χ3n) is 3.56. The Morgan fingerprint density at radius 1 is 1.36 bits per heavy atom. The number of benzene rings is 1. The summed E-state index contributed by atoms with van der Waals surface area (Å²) < 4.78 is 35.6. The fourth-order valence-electron chi connectivity index (χ4n) is 2.43. The van der Waals surface area contributed by atoms with Crippen LogP contribution in [-0.4, -0.2) is 35.1 Å². The molecule has 1 aromatic carbocycles. The van der Waals surface area contributed by atoms with E-state index in [1.54, 1.807) is 19.1 Å². The van der Waals surface area contributed by atoms with Crippen molar-refractivity contribution in [3.05, 3.63) is 50.6 Å². The van der Waals surface area contributed by atoms with E-state index in [9.17, 15) is 18.9 Å². The number of anilines is 1. The Morgan fingerprint density at radius 3 is 2.71 bits per heavy atom. The van der Waals surface area contributed by atoms with Crippen LogP contribution in [0.1, 0.15) is 18.5 Å². The number of halogens is 3. The molecule has 11 heteroatoms. The van der Waals surface area contributed by atoms with Crippen LogP contribution in [0.3, 0.4) is 0 Å². The molecule has 1 aromatic heterocycles.